The molecule has 0 aliphatic carbocycles. The molecule has 0 saturated carbocycles. The largest absolute Gasteiger partial charge is 0.318 e. The van der Waals surface area contributed by atoms with Crippen LogP contribution >= 0.6 is 0 Å². The van der Waals surface area contributed by atoms with Crippen LogP contribution in [0.25, 0.3) is 0 Å². The van der Waals surface area contributed by atoms with E-state index in [1.807, 2.05) is 0 Å². The number of nitrogens with one attached hydrogen (secondary N) is 1. The summed E-state index contributed by atoms with van der Waals surface area (Å²) in [5.41, 5.74) is 0. The van der Waals surface area contributed by atoms with Crippen molar-refractivity contribution in [2.75, 3.05) is 40.3 Å². The van der Waals surface area contributed by atoms with Gasteiger partial charge in [0.05, 0.1) is 0 Å². The molecule has 0 amide bonds. The van der Waals surface area contributed by atoms with Crippen molar-refractivity contribution in [3.8, 4) is 0 Å². The van der Waals surface area contributed by atoms with Gasteiger partial charge in [0.1, 0.15) is 0 Å². The molecule has 3 heteroatoms. The van der Waals surface area contributed by atoms with Crippen LogP contribution in [0.5, 0.6) is 0 Å². The second-order valence-corrected chi connectivity index (χ2v) is 5.70. The molecule has 0 spiro atoms. The molecule has 2 atom stereocenters. The zero-order chi connectivity index (χ0) is 12.1. The highest BCUT2D eigenvalue weighted by Crippen LogP contribution is 2.16. The van der Waals surface area contributed by atoms with Gasteiger partial charge in [-0.3, -0.25) is 4.90 Å². The number of rotatable bonds is 4. The summed E-state index contributed by atoms with van der Waals surface area (Å²) in [6.45, 7) is 11.8. The molecule has 1 aliphatic heterocycles. The first-order valence-electron chi connectivity index (χ1n) is 6.63. The zero-order valence-corrected chi connectivity index (χ0v) is 11.7. The van der Waals surface area contributed by atoms with Crippen molar-refractivity contribution in [2.24, 2.45) is 5.92 Å². The Labute approximate surface area is 101 Å². The fourth-order valence-electron chi connectivity index (χ4n) is 2.66. The maximum absolute atomic E-state index is 3.34. The van der Waals surface area contributed by atoms with Gasteiger partial charge in [-0.05, 0) is 39.9 Å². The van der Waals surface area contributed by atoms with Crippen LogP contribution in [0.4, 0.5) is 0 Å². The Kier molecular flexibility index (Phi) is 5.73. The van der Waals surface area contributed by atoms with Crippen molar-refractivity contribution in [3.63, 3.8) is 0 Å². The molecule has 1 saturated heterocycles. The molecule has 0 bridgehead atoms. The summed E-state index contributed by atoms with van der Waals surface area (Å²) in [6.07, 6.45) is 1.30. The maximum Gasteiger partial charge on any atom is 0.0350 e. The van der Waals surface area contributed by atoms with Gasteiger partial charge in [0, 0.05) is 31.7 Å². The third-order valence-corrected chi connectivity index (χ3v) is 3.50. The summed E-state index contributed by atoms with van der Waals surface area (Å²) in [5, 5.41) is 3.34. The van der Waals surface area contributed by atoms with Gasteiger partial charge in [0.2, 0.25) is 0 Å². The number of hydrogen-bond acceptors (Lipinski definition) is 3. The third-order valence-electron chi connectivity index (χ3n) is 3.50. The Morgan fingerprint density at radius 2 is 2.06 bits per heavy atom. The van der Waals surface area contributed by atoms with E-state index in [1.54, 1.807) is 0 Å². The first-order chi connectivity index (χ1) is 7.54. The lowest BCUT2D eigenvalue weighted by Crippen LogP contribution is -2.50. The Hall–Kier alpha value is -0.120. The maximum atomic E-state index is 3.34. The Balaban J connectivity index is 2.68. The summed E-state index contributed by atoms with van der Waals surface area (Å²) >= 11 is 0. The van der Waals surface area contributed by atoms with Crippen LogP contribution in [0.15, 0.2) is 0 Å². The summed E-state index contributed by atoms with van der Waals surface area (Å²) in [5.74, 6) is 0.755. The standard InChI is InChI=1S/C13H29N3/c1-11(2)9-16-12(3)6-7-15(5)10-13(16)8-14-4/h11-14H,6-10H2,1-5H3. The molecular formula is C13H29N3. The summed E-state index contributed by atoms with van der Waals surface area (Å²) in [7, 11) is 4.30. The van der Waals surface area contributed by atoms with Gasteiger partial charge in [0.15, 0.2) is 0 Å². The van der Waals surface area contributed by atoms with E-state index in [4.69, 9.17) is 0 Å². The average molecular weight is 227 g/mol. The lowest BCUT2D eigenvalue weighted by Gasteiger charge is -2.36. The first-order valence-corrected chi connectivity index (χ1v) is 6.63. The van der Waals surface area contributed by atoms with Crippen LogP contribution < -0.4 is 5.32 Å². The molecule has 1 N–H and O–H groups in total. The van der Waals surface area contributed by atoms with Crippen LogP contribution in [-0.4, -0.2) is 62.2 Å². The van der Waals surface area contributed by atoms with E-state index in [1.165, 1.54) is 26.1 Å². The molecule has 1 heterocycles. The molecule has 1 fully saturated rings. The minimum atomic E-state index is 0.662. The second-order valence-electron chi connectivity index (χ2n) is 5.70. The normalized spacial score (nSPS) is 29.6. The molecule has 16 heavy (non-hydrogen) atoms. The summed E-state index contributed by atoms with van der Waals surface area (Å²) in [6, 6.07) is 1.38. The molecule has 1 rings (SSSR count). The van der Waals surface area contributed by atoms with E-state index >= 15 is 0 Å². The van der Waals surface area contributed by atoms with Crippen LogP contribution in [0, 0.1) is 5.92 Å². The van der Waals surface area contributed by atoms with E-state index in [-0.39, 0.29) is 0 Å². The average Bonchev–Trinajstić information content (AvgIpc) is 2.32. The Morgan fingerprint density at radius 1 is 1.38 bits per heavy atom. The number of likely N-dealkylation sites (N-methyl/N-ethyl adjacent to an activating group) is 2. The molecule has 0 aromatic heterocycles. The van der Waals surface area contributed by atoms with Crippen LogP contribution in [0.2, 0.25) is 0 Å². The highest BCUT2D eigenvalue weighted by Gasteiger charge is 2.27. The fraction of sp³-hybridized carbons (Fsp3) is 1.00. The van der Waals surface area contributed by atoms with Crippen LogP contribution in [0.1, 0.15) is 27.2 Å². The summed E-state index contributed by atoms with van der Waals surface area (Å²) in [4.78, 5) is 5.17. The van der Waals surface area contributed by atoms with E-state index in [2.05, 4.69) is 50.0 Å². The highest BCUT2D eigenvalue weighted by atomic mass is 15.3. The molecular weight excluding hydrogens is 198 g/mol. The predicted octanol–water partition coefficient (Wildman–Crippen LogP) is 1.26. The van der Waals surface area contributed by atoms with Crippen LogP contribution in [0.3, 0.4) is 0 Å². The van der Waals surface area contributed by atoms with Gasteiger partial charge >= 0.3 is 0 Å². The van der Waals surface area contributed by atoms with E-state index in [9.17, 15) is 0 Å². The van der Waals surface area contributed by atoms with E-state index in [0.717, 1.165) is 12.5 Å². The zero-order valence-electron chi connectivity index (χ0n) is 11.7. The molecule has 0 aromatic carbocycles. The quantitative estimate of drug-likeness (QED) is 0.780. The van der Waals surface area contributed by atoms with Gasteiger partial charge < -0.3 is 10.2 Å². The topological polar surface area (TPSA) is 18.5 Å². The van der Waals surface area contributed by atoms with Gasteiger partial charge in [-0.15, -0.1) is 0 Å². The first kappa shape index (κ1) is 13.9. The van der Waals surface area contributed by atoms with Crippen LogP contribution in [-0.2, 0) is 0 Å². The fourth-order valence-corrected chi connectivity index (χ4v) is 2.66. The number of nitrogens with zero attached hydrogens (tertiary/aromatic N) is 2. The lowest BCUT2D eigenvalue weighted by molar-refractivity contribution is 0.126. The van der Waals surface area contributed by atoms with E-state index in [0.29, 0.717) is 12.1 Å². The van der Waals surface area contributed by atoms with Crippen molar-refractivity contribution in [1.29, 1.82) is 0 Å². The van der Waals surface area contributed by atoms with Gasteiger partial charge in [-0.1, -0.05) is 13.8 Å². The predicted molar refractivity (Wildman–Crippen MR) is 70.8 cm³/mol. The second kappa shape index (κ2) is 6.58. The third kappa shape index (κ3) is 4.04. The van der Waals surface area contributed by atoms with Gasteiger partial charge in [-0.2, -0.15) is 0 Å². The monoisotopic (exact) mass is 227 g/mol. The minimum Gasteiger partial charge on any atom is -0.318 e. The summed E-state index contributed by atoms with van der Waals surface area (Å²) < 4.78 is 0. The van der Waals surface area contributed by atoms with E-state index < -0.39 is 0 Å². The highest BCUT2D eigenvalue weighted by molar-refractivity contribution is 4.85. The van der Waals surface area contributed by atoms with Gasteiger partial charge in [-0.25, -0.2) is 0 Å². The minimum absolute atomic E-state index is 0.662. The molecule has 1 aliphatic rings. The smallest absolute Gasteiger partial charge is 0.0350 e. The Bertz CT molecular complexity index is 194. The lowest BCUT2D eigenvalue weighted by atomic mass is 10.1. The molecule has 96 valence electrons. The Morgan fingerprint density at radius 3 is 2.62 bits per heavy atom. The van der Waals surface area contributed by atoms with Crippen molar-refractivity contribution in [2.45, 2.75) is 39.3 Å². The van der Waals surface area contributed by atoms with Crippen molar-refractivity contribution >= 4 is 0 Å². The molecule has 2 unspecified atom stereocenters. The number of hydrogen-bond donors (Lipinski definition) is 1. The van der Waals surface area contributed by atoms with Gasteiger partial charge in [0.25, 0.3) is 0 Å². The van der Waals surface area contributed by atoms with Crippen molar-refractivity contribution < 1.29 is 0 Å². The van der Waals surface area contributed by atoms with Crippen molar-refractivity contribution in [3.05, 3.63) is 0 Å². The SMILES string of the molecule is CNCC1CN(C)CCC(C)N1CC(C)C. The van der Waals surface area contributed by atoms with Crippen molar-refractivity contribution in [1.82, 2.24) is 15.1 Å². The molecule has 0 aromatic rings. The molecule has 3 nitrogen and oxygen atoms in total. The molecule has 0 radical (unpaired) electrons.